The van der Waals surface area contributed by atoms with Crippen LogP contribution in [0.5, 0.6) is 0 Å². The van der Waals surface area contributed by atoms with E-state index in [1.54, 1.807) is 7.05 Å². The molecule has 0 rings (SSSR count). The highest BCUT2D eigenvalue weighted by Crippen LogP contribution is 1.91. The van der Waals surface area contributed by atoms with Crippen molar-refractivity contribution in [1.29, 1.82) is 0 Å². The first-order chi connectivity index (χ1) is 4.72. The van der Waals surface area contributed by atoms with Crippen LogP contribution in [-0.2, 0) is 4.79 Å². The van der Waals surface area contributed by atoms with Crippen LogP contribution in [-0.4, -0.2) is 42.0 Å². The second-order valence-corrected chi connectivity index (χ2v) is 2.36. The number of hydrogen-bond donors (Lipinski definition) is 1. The van der Waals surface area contributed by atoms with Crippen LogP contribution in [0.25, 0.3) is 0 Å². The Morgan fingerprint density at radius 2 is 2.30 bits per heavy atom. The topological polar surface area (TPSA) is 40.5 Å². The first-order valence-electron chi connectivity index (χ1n) is 3.13. The van der Waals surface area contributed by atoms with Crippen LogP contribution in [0.2, 0.25) is 0 Å². The van der Waals surface area contributed by atoms with Crippen LogP contribution in [0.3, 0.4) is 0 Å². The number of likely N-dealkylation sites (N-methyl/N-ethyl adjacent to an activating group) is 1. The van der Waals surface area contributed by atoms with Crippen LogP contribution in [0.4, 0.5) is 0 Å². The number of alkyl halides is 1. The minimum absolute atomic E-state index is 0.00449. The molecule has 0 saturated heterocycles. The summed E-state index contributed by atoms with van der Waals surface area (Å²) < 4.78 is 0. The molecule has 60 valence electrons. The van der Waals surface area contributed by atoms with Crippen molar-refractivity contribution in [3.8, 4) is 0 Å². The lowest BCUT2D eigenvalue weighted by atomic mass is 10.4. The molecule has 3 nitrogen and oxygen atoms in total. The highest BCUT2D eigenvalue weighted by molar-refractivity contribution is 6.18. The van der Waals surface area contributed by atoms with Gasteiger partial charge in [-0.05, 0) is 0 Å². The number of carbonyl (C=O) groups is 1. The summed E-state index contributed by atoms with van der Waals surface area (Å²) in [5.74, 6) is 0.318. The number of aliphatic hydroxyl groups excluding tert-OH is 1. The van der Waals surface area contributed by atoms with Crippen molar-refractivity contribution >= 4 is 17.5 Å². The molecule has 0 atom stereocenters. The van der Waals surface area contributed by atoms with E-state index in [1.807, 2.05) is 0 Å². The first kappa shape index (κ1) is 9.72. The van der Waals surface area contributed by atoms with Crippen LogP contribution >= 0.6 is 11.6 Å². The van der Waals surface area contributed by atoms with Crippen LogP contribution in [0, 0.1) is 0 Å². The third-order valence-corrected chi connectivity index (χ3v) is 1.36. The van der Waals surface area contributed by atoms with Gasteiger partial charge < -0.3 is 10.0 Å². The summed E-state index contributed by atoms with van der Waals surface area (Å²) in [6.07, 6.45) is 0.345. The number of carbonyl (C=O) groups excluding carboxylic acids is 1. The summed E-state index contributed by atoms with van der Waals surface area (Å²) in [6.45, 7) is 0.389. The van der Waals surface area contributed by atoms with Crippen molar-refractivity contribution < 1.29 is 9.90 Å². The van der Waals surface area contributed by atoms with E-state index in [9.17, 15) is 4.79 Å². The maximum Gasteiger partial charge on any atom is 0.223 e. The molecule has 0 aliphatic rings. The van der Waals surface area contributed by atoms with Crippen LogP contribution < -0.4 is 0 Å². The molecule has 10 heavy (non-hydrogen) atoms. The van der Waals surface area contributed by atoms with Gasteiger partial charge in [-0.15, -0.1) is 11.6 Å². The standard InChI is InChI=1S/C6H12ClNO2/c1-8(4-5-9)6(10)2-3-7/h9H,2-5H2,1H3. The Morgan fingerprint density at radius 3 is 2.70 bits per heavy atom. The summed E-state index contributed by atoms with van der Waals surface area (Å²) in [6, 6.07) is 0. The van der Waals surface area contributed by atoms with E-state index >= 15 is 0 Å². The number of nitrogens with zero attached hydrogens (tertiary/aromatic N) is 1. The van der Waals surface area contributed by atoms with E-state index in [-0.39, 0.29) is 12.5 Å². The molecule has 0 bridgehead atoms. The zero-order chi connectivity index (χ0) is 7.98. The summed E-state index contributed by atoms with van der Waals surface area (Å²) >= 11 is 5.33. The van der Waals surface area contributed by atoms with E-state index < -0.39 is 0 Å². The van der Waals surface area contributed by atoms with Crippen molar-refractivity contribution in [3.63, 3.8) is 0 Å². The van der Waals surface area contributed by atoms with E-state index in [1.165, 1.54) is 4.90 Å². The quantitative estimate of drug-likeness (QED) is 0.599. The Labute approximate surface area is 65.6 Å². The molecule has 1 amide bonds. The summed E-state index contributed by atoms with van der Waals surface area (Å²) in [5.41, 5.74) is 0. The summed E-state index contributed by atoms with van der Waals surface area (Å²) in [4.78, 5) is 12.3. The number of amides is 1. The fourth-order valence-electron chi connectivity index (χ4n) is 0.546. The second-order valence-electron chi connectivity index (χ2n) is 1.98. The van der Waals surface area contributed by atoms with Crippen molar-refractivity contribution in [3.05, 3.63) is 0 Å². The molecule has 0 heterocycles. The number of aliphatic hydroxyl groups is 1. The van der Waals surface area contributed by atoms with Gasteiger partial charge in [-0.25, -0.2) is 0 Å². The predicted octanol–water partition coefficient (Wildman–Crippen LogP) is 0.0660. The lowest BCUT2D eigenvalue weighted by Gasteiger charge is -2.13. The lowest BCUT2D eigenvalue weighted by Crippen LogP contribution is -2.29. The Hall–Kier alpha value is -0.280. The molecule has 0 aromatic carbocycles. The zero-order valence-corrected chi connectivity index (χ0v) is 6.76. The molecule has 0 fully saturated rings. The smallest absolute Gasteiger partial charge is 0.223 e. The SMILES string of the molecule is CN(CCO)C(=O)CCCl. The fourth-order valence-corrected chi connectivity index (χ4v) is 0.708. The van der Waals surface area contributed by atoms with Gasteiger partial charge in [-0.3, -0.25) is 4.79 Å². The predicted molar refractivity (Wildman–Crippen MR) is 40.1 cm³/mol. The minimum Gasteiger partial charge on any atom is -0.395 e. The Bertz CT molecular complexity index is 108. The minimum atomic E-state index is -0.0240. The Morgan fingerprint density at radius 1 is 1.70 bits per heavy atom. The van der Waals surface area contributed by atoms with Crippen molar-refractivity contribution in [2.24, 2.45) is 0 Å². The molecule has 0 aliphatic carbocycles. The first-order valence-corrected chi connectivity index (χ1v) is 3.66. The van der Waals surface area contributed by atoms with Gasteiger partial charge in [0.2, 0.25) is 5.91 Å². The summed E-state index contributed by atoms with van der Waals surface area (Å²) in [7, 11) is 1.64. The highest BCUT2D eigenvalue weighted by atomic mass is 35.5. The van der Waals surface area contributed by atoms with Crippen molar-refractivity contribution in [1.82, 2.24) is 4.90 Å². The largest absolute Gasteiger partial charge is 0.395 e. The average molecular weight is 166 g/mol. The lowest BCUT2D eigenvalue weighted by molar-refractivity contribution is -0.129. The van der Waals surface area contributed by atoms with Crippen LogP contribution in [0.1, 0.15) is 6.42 Å². The van der Waals surface area contributed by atoms with Crippen molar-refractivity contribution in [2.45, 2.75) is 6.42 Å². The van der Waals surface area contributed by atoms with E-state index in [0.29, 0.717) is 18.8 Å². The third kappa shape index (κ3) is 3.69. The Balaban J connectivity index is 3.49. The zero-order valence-electron chi connectivity index (χ0n) is 6.01. The number of halogens is 1. The maximum atomic E-state index is 10.9. The normalized spacial score (nSPS) is 9.50. The van der Waals surface area contributed by atoms with Crippen LogP contribution in [0.15, 0.2) is 0 Å². The molecule has 0 aromatic heterocycles. The van der Waals surface area contributed by atoms with Crippen molar-refractivity contribution in [2.75, 3.05) is 26.1 Å². The van der Waals surface area contributed by atoms with Gasteiger partial charge in [0.15, 0.2) is 0 Å². The fraction of sp³-hybridized carbons (Fsp3) is 0.833. The second kappa shape index (κ2) is 5.50. The molecule has 0 unspecified atom stereocenters. The Kier molecular flexibility index (Phi) is 5.35. The molecule has 0 radical (unpaired) electrons. The number of hydrogen-bond acceptors (Lipinski definition) is 2. The van der Waals surface area contributed by atoms with Gasteiger partial charge >= 0.3 is 0 Å². The molecule has 0 aromatic rings. The average Bonchev–Trinajstić information content (AvgIpc) is 1.89. The van der Waals surface area contributed by atoms with E-state index in [2.05, 4.69) is 0 Å². The summed E-state index contributed by atoms with van der Waals surface area (Å²) in [5, 5.41) is 8.43. The molecule has 0 saturated carbocycles. The van der Waals surface area contributed by atoms with Gasteiger partial charge in [0, 0.05) is 25.9 Å². The monoisotopic (exact) mass is 165 g/mol. The third-order valence-electron chi connectivity index (χ3n) is 1.17. The van der Waals surface area contributed by atoms with Gasteiger partial charge in [-0.1, -0.05) is 0 Å². The maximum absolute atomic E-state index is 10.9. The van der Waals surface area contributed by atoms with Gasteiger partial charge in [0.25, 0.3) is 0 Å². The highest BCUT2D eigenvalue weighted by Gasteiger charge is 2.05. The van der Waals surface area contributed by atoms with Gasteiger partial charge in [-0.2, -0.15) is 0 Å². The molecule has 1 N–H and O–H groups in total. The molecule has 0 aliphatic heterocycles. The van der Waals surface area contributed by atoms with Gasteiger partial charge in [0.1, 0.15) is 0 Å². The molecular weight excluding hydrogens is 154 g/mol. The van der Waals surface area contributed by atoms with Gasteiger partial charge in [0.05, 0.1) is 6.61 Å². The molecular formula is C6H12ClNO2. The van der Waals surface area contributed by atoms with E-state index in [0.717, 1.165) is 0 Å². The molecule has 0 spiro atoms. The number of rotatable bonds is 4. The van der Waals surface area contributed by atoms with E-state index in [4.69, 9.17) is 16.7 Å². The molecule has 4 heteroatoms.